The lowest BCUT2D eigenvalue weighted by Crippen LogP contribution is -2.43. The number of nitrogens with zero attached hydrogens (tertiary/aromatic N) is 2. The molecule has 1 atom stereocenters. The smallest absolute Gasteiger partial charge is 0.108 e. The first kappa shape index (κ1) is 14.5. The molecule has 1 aromatic rings. The SMILES string of the molecule is Cn1ccnc1CCC(NN)C1CCC(C)(C)CC1. The van der Waals surface area contributed by atoms with Gasteiger partial charge in [0.25, 0.3) is 0 Å². The van der Waals surface area contributed by atoms with Crippen LogP contribution in [0.1, 0.15) is 51.8 Å². The van der Waals surface area contributed by atoms with E-state index in [-0.39, 0.29) is 0 Å². The first-order valence-corrected chi connectivity index (χ1v) is 7.44. The standard InChI is InChI=1S/C15H28N4/c1-15(2)8-6-12(7-9-15)13(18-16)4-5-14-17-10-11-19(14)3/h10-13,18H,4-9,16H2,1-3H3. The molecule has 108 valence electrons. The van der Waals surface area contributed by atoms with E-state index in [1.54, 1.807) is 0 Å². The predicted octanol–water partition coefficient (Wildman–Crippen LogP) is 2.40. The van der Waals surface area contributed by atoms with Crippen LogP contribution in [-0.2, 0) is 13.5 Å². The van der Waals surface area contributed by atoms with Gasteiger partial charge < -0.3 is 4.57 Å². The Balaban J connectivity index is 1.85. The van der Waals surface area contributed by atoms with Gasteiger partial charge in [0.1, 0.15) is 5.82 Å². The molecule has 1 unspecified atom stereocenters. The maximum Gasteiger partial charge on any atom is 0.108 e. The number of hydrogen-bond donors (Lipinski definition) is 2. The van der Waals surface area contributed by atoms with Crippen molar-refractivity contribution < 1.29 is 0 Å². The van der Waals surface area contributed by atoms with Gasteiger partial charge in [-0.15, -0.1) is 0 Å². The fourth-order valence-corrected chi connectivity index (χ4v) is 3.20. The van der Waals surface area contributed by atoms with Gasteiger partial charge >= 0.3 is 0 Å². The van der Waals surface area contributed by atoms with E-state index >= 15 is 0 Å². The molecule has 0 aliphatic heterocycles. The second-order valence-corrected chi connectivity index (χ2v) is 6.77. The van der Waals surface area contributed by atoms with E-state index in [0.29, 0.717) is 11.5 Å². The molecule has 4 heteroatoms. The molecule has 0 saturated heterocycles. The zero-order chi connectivity index (χ0) is 13.9. The average molecular weight is 264 g/mol. The molecule has 1 saturated carbocycles. The number of aromatic nitrogens is 2. The summed E-state index contributed by atoms with van der Waals surface area (Å²) in [6.45, 7) is 4.75. The van der Waals surface area contributed by atoms with Crippen LogP contribution < -0.4 is 11.3 Å². The summed E-state index contributed by atoms with van der Waals surface area (Å²) < 4.78 is 2.09. The molecule has 1 aromatic heterocycles. The zero-order valence-corrected chi connectivity index (χ0v) is 12.5. The molecule has 1 heterocycles. The Kier molecular flexibility index (Phi) is 4.63. The highest BCUT2D eigenvalue weighted by Crippen LogP contribution is 2.39. The third-order valence-electron chi connectivity index (χ3n) is 4.77. The highest BCUT2D eigenvalue weighted by atomic mass is 15.2. The summed E-state index contributed by atoms with van der Waals surface area (Å²) in [5.41, 5.74) is 3.57. The van der Waals surface area contributed by atoms with Gasteiger partial charge in [0.05, 0.1) is 0 Å². The Morgan fingerprint density at radius 1 is 1.47 bits per heavy atom. The first-order valence-electron chi connectivity index (χ1n) is 7.44. The summed E-state index contributed by atoms with van der Waals surface area (Å²) in [6, 6.07) is 0.424. The summed E-state index contributed by atoms with van der Waals surface area (Å²) >= 11 is 0. The van der Waals surface area contributed by atoms with E-state index in [4.69, 9.17) is 5.84 Å². The van der Waals surface area contributed by atoms with E-state index in [1.807, 2.05) is 12.4 Å². The Hall–Kier alpha value is -0.870. The monoisotopic (exact) mass is 264 g/mol. The molecular weight excluding hydrogens is 236 g/mol. The lowest BCUT2D eigenvalue weighted by atomic mass is 9.70. The van der Waals surface area contributed by atoms with E-state index in [1.165, 1.54) is 25.7 Å². The topological polar surface area (TPSA) is 55.9 Å². The van der Waals surface area contributed by atoms with Crippen LogP contribution in [0, 0.1) is 11.3 Å². The summed E-state index contributed by atoms with van der Waals surface area (Å²) in [7, 11) is 2.05. The van der Waals surface area contributed by atoms with E-state index in [2.05, 4.69) is 35.9 Å². The van der Waals surface area contributed by atoms with Gasteiger partial charge in [-0.3, -0.25) is 11.3 Å². The molecule has 0 aromatic carbocycles. The number of hydrazine groups is 1. The number of imidazole rings is 1. The molecule has 2 rings (SSSR count). The van der Waals surface area contributed by atoms with Gasteiger partial charge in [0, 0.05) is 31.9 Å². The van der Waals surface area contributed by atoms with Crippen molar-refractivity contribution >= 4 is 0 Å². The van der Waals surface area contributed by atoms with Crippen molar-refractivity contribution in [1.29, 1.82) is 0 Å². The lowest BCUT2D eigenvalue weighted by molar-refractivity contribution is 0.157. The highest BCUT2D eigenvalue weighted by molar-refractivity contribution is 4.93. The van der Waals surface area contributed by atoms with Crippen molar-refractivity contribution in [3.05, 3.63) is 18.2 Å². The third kappa shape index (κ3) is 3.80. The number of aryl methyl sites for hydroxylation is 2. The molecule has 4 nitrogen and oxygen atoms in total. The highest BCUT2D eigenvalue weighted by Gasteiger charge is 2.30. The van der Waals surface area contributed by atoms with Gasteiger partial charge in [0.15, 0.2) is 0 Å². The maximum absolute atomic E-state index is 5.77. The first-order chi connectivity index (χ1) is 9.02. The molecule has 1 aliphatic rings. The van der Waals surface area contributed by atoms with Gasteiger partial charge in [0.2, 0.25) is 0 Å². The second-order valence-electron chi connectivity index (χ2n) is 6.77. The summed E-state index contributed by atoms with van der Waals surface area (Å²) in [4.78, 5) is 4.38. The minimum Gasteiger partial charge on any atom is -0.338 e. The van der Waals surface area contributed by atoms with Gasteiger partial charge in [-0.05, 0) is 43.4 Å². The molecule has 1 fully saturated rings. The number of rotatable bonds is 5. The van der Waals surface area contributed by atoms with Crippen molar-refractivity contribution in [2.45, 2.75) is 58.4 Å². The van der Waals surface area contributed by atoms with Crippen LogP contribution >= 0.6 is 0 Å². The summed E-state index contributed by atoms with van der Waals surface area (Å²) in [5, 5.41) is 0. The zero-order valence-electron chi connectivity index (χ0n) is 12.5. The van der Waals surface area contributed by atoms with Crippen molar-refractivity contribution in [2.75, 3.05) is 0 Å². The molecule has 0 amide bonds. The second kappa shape index (κ2) is 6.06. The van der Waals surface area contributed by atoms with Crippen molar-refractivity contribution in [3.63, 3.8) is 0 Å². The molecule has 0 spiro atoms. The third-order valence-corrected chi connectivity index (χ3v) is 4.77. The minimum atomic E-state index is 0.424. The number of nitrogens with two attached hydrogens (primary N) is 1. The molecule has 0 radical (unpaired) electrons. The largest absolute Gasteiger partial charge is 0.338 e. The van der Waals surface area contributed by atoms with Crippen LogP contribution in [-0.4, -0.2) is 15.6 Å². The van der Waals surface area contributed by atoms with Crippen LogP contribution in [0.15, 0.2) is 12.4 Å². The summed E-state index contributed by atoms with van der Waals surface area (Å²) in [6.07, 6.45) is 11.2. The Labute approximate surface area is 116 Å². The van der Waals surface area contributed by atoms with Crippen LogP contribution in [0.2, 0.25) is 0 Å². The molecule has 1 aliphatic carbocycles. The van der Waals surface area contributed by atoms with Crippen molar-refractivity contribution in [1.82, 2.24) is 15.0 Å². The molecule has 3 N–H and O–H groups in total. The van der Waals surface area contributed by atoms with E-state index < -0.39 is 0 Å². The van der Waals surface area contributed by atoms with Gasteiger partial charge in [-0.2, -0.15) is 0 Å². The quantitative estimate of drug-likeness (QED) is 0.634. The Morgan fingerprint density at radius 3 is 2.68 bits per heavy atom. The van der Waals surface area contributed by atoms with Crippen LogP contribution in [0.4, 0.5) is 0 Å². The number of nitrogens with one attached hydrogen (secondary N) is 1. The maximum atomic E-state index is 5.77. The summed E-state index contributed by atoms with van der Waals surface area (Å²) in [5.74, 6) is 7.64. The normalized spacial score (nSPS) is 21.5. The molecule has 0 bridgehead atoms. The van der Waals surface area contributed by atoms with E-state index in [0.717, 1.165) is 24.6 Å². The fraction of sp³-hybridized carbons (Fsp3) is 0.800. The number of hydrogen-bond acceptors (Lipinski definition) is 3. The van der Waals surface area contributed by atoms with Crippen molar-refractivity contribution in [2.24, 2.45) is 24.2 Å². The molecule has 19 heavy (non-hydrogen) atoms. The Bertz CT molecular complexity index is 387. The van der Waals surface area contributed by atoms with Gasteiger partial charge in [-0.25, -0.2) is 4.98 Å². The van der Waals surface area contributed by atoms with Crippen LogP contribution in [0.5, 0.6) is 0 Å². The lowest BCUT2D eigenvalue weighted by Gasteiger charge is -2.37. The van der Waals surface area contributed by atoms with Crippen molar-refractivity contribution in [3.8, 4) is 0 Å². The van der Waals surface area contributed by atoms with E-state index in [9.17, 15) is 0 Å². The minimum absolute atomic E-state index is 0.424. The average Bonchev–Trinajstić information content (AvgIpc) is 2.77. The predicted molar refractivity (Wildman–Crippen MR) is 78.4 cm³/mol. The van der Waals surface area contributed by atoms with Gasteiger partial charge in [-0.1, -0.05) is 13.8 Å². The van der Waals surface area contributed by atoms with Crippen LogP contribution in [0.3, 0.4) is 0 Å². The Morgan fingerprint density at radius 2 is 2.16 bits per heavy atom. The fourth-order valence-electron chi connectivity index (χ4n) is 3.20. The molecular formula is C15H28N4. The van der Waals surface area contributed by atoms with Crippen LogP contribution in [0.25, 0.3) is 0 Å².